The maximum absolute atomic E-state index is 12.1. The van der Waals surface area contributed by atoms with Crippen LogP contribution >= 0.6 is 0 Å². The van der Waals surface area contributed by atoms with E-state index in [0.717, 1.165) is 32.2 Å². The van der Waals surface area contributed by atoms with Gasteiger partial charge in [-0.1, -0.05) is 24.3 Å². The third-order valence-corrected chi connectivity index (χ3v) is 4.32. The minimum Gasteiger partial charge on any atom is -0.337 e. The Labute approximate surface area is 108 Å². The highest BCUT2D eigenvalue weighted by atomic mass is 16.2. The molecular weight excluding hydrogens is 224 g/mol. The highest BCUT2D eigenvalue weighted by Gasteiger charge is 2.36. The number of fused-ring (bicyclic) bond motifs is 2. The fraction of sp³-hybridized carbons (Fsp3) is 0.533. The number of carbonyl (C=O) groups excluding carboxylic acids is 1. The molecule has 2 heterocycles. The molecule has 18 heavy (non-hydrogen) atoms. The molecule has 0 saturated carbocycles. The van der Waals surface area contributed by atoms with Gasteiger partial charge in [0.05, 0.1) is 12.1 Å². The molecule has 1 aromatic rings. The quantitative estimate of drug-likeness (QED) is 0.818. The van der Waals surface area contributed by atoms with Crippen molar-refractivity contribution in [2.45, 2.75) is 37.8 Å². The molecule has 0 bridgehead atoms. The molecule has 1 aromatic carbocycles. The van der Waals surface area contributed by atoms with Crippen molar-refractivity contribution < 1.29 is 4.79 Å². The maximum Gasteiger partial charge on any atom is 0.222 e. The number of hydrogen-bond acceptors (Lipinski definition) is 2. The zero-order chi connectivity index (χ0) is 12.5. The summed E-state index contributed by atoms with van der Waals surface area (Å²) in [5.41, 5.74) is 2.77. The van der Waals surface area contributed by atoms with Gasteiger partial charge in [-0.15, -0.1) is 0 Å². The number of piperidine rings is 1. The molecule has 2 aliphatic rings. The van der Waals surface area contributed by atoms with Gasteiger partial charge in [-0.3, -0.25) is 4.79 Å². The van der Waals surface area contributed by atoms with E-state index in [1.54, 1.807) is 0 Å². The van der Waals surface area contributed by atoms with Crippen molar-refractivity contribution in [3.8, 4) is 0 Å². The molecular formula is C15H20N2O. The zero-order valence-electron chi connectivity index (χ0n) is 10.9. The molecule has 0 radical (unpaired) electrons. The van der Waals surface area contributed by atoms with Crippen LogP contribution in [-0.2, 0) is 11.2 Å². The van der Waals surface area contributed by atoms with E-state index in [9.17, 15) is 4.79 Å². The van der Waals surface area contributed by atoms with Gasteiger partial charge in [0.1, 0.15) is 0 Å². The molecule has 1 saturated heterocycles. The molecule has 3 rings (SSSR count). The van der Waals surface area contributed by atoms with Crippen molar-refractivity contribution in [3.05, 3.63) is 35.4 Å². The Hall–Kier alpha value is -1.35. The van der Waals surface area contributed by atoms with E-state index in [1.165, 1.54) is 11.1 Å². The second-order valence-corrected chi connectivity index (χ2v) is 5.26. The lowest BCUT2D eigenvalue weighted by Gasteiger charge is -2.38. The fourth-order valence-electron chi connectivity index (χ4n) is 3.45. The van der Waals surface area contributed by atoms with Crippen molar-refractivity contribution in [1.82, 2.24) is 10.2 Å². The molecule has 2 unspecified atom stereocenters. The summed E-state index contributed by atoms with van der Waals surface area (Å²) in [6, 6.07) is 9.22. The Morgan fingerprint density at radius 3 is 2.94 bits per heavy atom. The third kappa shape index (κ3) is 1.83. The molecule has 0 aromatic heterocycles. The number of rotatable bonds is 1. The third-order valence-electron chi connectivity index (χ3n) is 4.32. The molecule has 3 nitrogen and oxygen atoms in total. The standard InChI is InChI=1S/C15H20N2O/c1-16-15-12-6-3-2-5-11(12)9-10-17-13(15)7-4-8-14(17)18/h2-3,5-6,13,15-16H,4,7-10H2,1H3. The summed E-state index contributed by atoms with van der Waals surface area (Å²) in [4.78, 5) is 14.2. The topological polar surface area (TPSA) is 32.3 Å². The van der Waals surface area contributed by atoms with Crippen LogP contribution in [0.2, 0.25) is 0 Å². The molecule has 1 N–H and O–H groups in total. The number of nitrogens with zero attached hydrogens (tertiary/aromatic N) is 1. The van der Waals surface area contributed by atoms with Gasteiger partial charge < -0.3 is 10.2 Å². The first kappa shape index (κ1) is 11.7. The summed E-state index contributed by atoms with van der Waals surface area (Å²) in [6.45, 7) is 0.874. The number of carbonyl (C=O) groups is 1. The molecule has 1 fully saturated rings. The van der Waals surface area contributed by atoms with Crippen LogP contribution in [-0.4, -0.2) is 30.4 Å². The Bertz CT molecular complexity index is 458. The highest BCUT2D eigenvalue weighted by molar-refractivity contribution is 5.77. The number of amides is 1. The van der Waals surface area contributed by atoms with Crippen molar-refractivity contribution >= 4 is 5.91 Å². The van der Waals surface area contributed by atoms with Crippen LogP contribution in [0, 0.1) is 0 Å². The van der Waals surface area contributed by atoms with Crippen molar-refractivity contribution in [2.24, 2.45) is 0 Å². The first-order chi connectivity index (χ1) is 8.81. The van der Waals surface area contributed by atoms with E-state index in [-0.39, 0.29) is 6.04 Å². The maximum atomic E-state index is 12.1. The summed E-state index contributed by atoms with van der Waals surface area (Å²) in [6.07, 6.45) is 3.85. The minimum atomic E-state index is 0.285. The van der Waals surface area contributed by atoms with Crippen LogP contribution in [0.5, 0.6) is 0 Å². The molecule has 2 aliphatic heterocycles. The number of likely N-dealkylation sites (N-methyl/N-ethyl adjacent to an activating group) is 1. The van der Waals surface area contributed by atoms with Crippen LogP contribution in [0.3, 0.4) is 0 Å². The Kier molecular flexibility index (Phi) is 3.08. The van der Waals surface area contributed by atoms with Gasteiger partial charge in [-0.2, -0.15) is 0 Å². The Balaban J connectivity index is 2.02. The largest absolute Gasteiger partial charge is 0.337 e. The highest BCUT2D eigenvalue weighted by Crippen LogP contribution is 2.33. The first-order valence-electron chi connectivity index (χ1n) is 6.86. The van der Waals surface area contributed by atoms with Crippen molar-refractivity contribution in [2.75, 3.05) is 13.6 Å². The van der Waals surface area contributed by atoms with Gasteiger partial charge in [0.25, 0.3) is 0 Å². The SMILES string of the molecule is CNC1c2ccccc2CCN2C(=O)CCCC12. The summed E-state index contributed by atoms with van der Waals surface area (Å²) in [5, 5.41) is 3.43. The molecule has 3 heteroatoms. The smallest absolute Gasteiger partial charge is 0.222 e. The predicted molar refractivity (Wildman–Crippen MR) is 71.3 cm³/mol. The normalized spacial score (nSPS) is 27.4. The molecule has 0 aliphatic carbocycles. The average Bonchev–Trinajstić information content (AvgIpc) is 2.56. The fourth-order valence-corrected chi connectivity index (χ4v) is 3.45. The lowest BCUT2D eigenvalue weighted by Crippen LogP contribution is -2.49. The Morgan fingerprint density at radius 2 is 2.11 bits per heavy atom. The first-order valence-corrected chi connectivity index (χ1v) is 6.86. The van der Waals surface area contributed by atoms with Gasteiger partial charge in [0.15, 0.2) is 0 Å². The number of hydrogen-bond donors (Lipinski definition) is 1. The summed E-state index contributed by atoms with van der Waals surface area (Å²) in [7, 11) is 2.00. The summed E-state index contributed by atoms with van der Waals surface area (Å²) >= 11 is 0. The van der Waals surface area contributed by atoms with Gasteiger partial charge in [-0.25, -0.2) is 0 Å². The number of benzene rings is 1. The van der Waals surface area contributed by atoms with Crippen LogP contribution < -0.4 is 5.32 Å². The lowest BCUT2D eigenvalue weighted by atomic mass is 9.90. The average molecular weight is 244 g/mol. The van der Waals surface area contributed by atoms with E-state index in [0.29, 0.717) is 11.9 Å². The second kappa shape index (κ2) is 4.73. The number of nitrogens with one attached hydrogen (secondary N) is 1. The zero-order valence-corrected chi connectivity index (χ0v) is 10.9. The summed E-state index contributed by atoms with van der Waals surface area (Å²) in [5.74, 6) is 0.333. The Morgan fingerprint density at radius 1 is 1.28 bits per heavy atom. The van der Waals surface area contributed by atoms with Crippen LogP contribution in [0.25, 0.3) is 0 Å². The predicted octanol–water partition coefficient (Wildman–Crippen LogP) is 1.88. The van der Waals surface area contributed by atoms with E-state index < -0.39 is 0 Å². The van der Waals surface area contributed by atoms with Crippen LogP contribution in [0.15, 0.2) is 24.3 Å². The molecule has 96 valence electrons. The van der Waals surface area contributed by atoms with Crippen LogP contribution in [0.1, 0.15) is 36.4 Å². The monoisotopic (exact) mass is 244 g/mol. The van der Waals surface area contributed by atoms with E-state index >= 15 is 0 Å². The van der Waals surface area contributed by atoms with E-state index in [2.05, 4.69) is 34.5 Å². The van der Waals surface area contributed by atoms with Gasteiger partial charge in [0, 0.05) is 13.0 Å². The molecule has 0 spiro atoms. The van der Waals surface area contributed by atoms with Crippen molar-refractivity contribution in [1.29, 1.82) is 0 Å². The van der Waals surface area contributed by atoms with Crippen molar-refractivity contribution in [3.63, 3.8) is 0 Å². The van der Waals surface area contributed by atoms with Gasteiger partial charge >= 0.3 is 0 Å². The summed E-state index contributed by atoms with van der Waals surface area (Å²) < 4.78 is 0. The minimum absolute atomic E-state index is 0.285. The van der Waals surface area contributed by atoms with Gasteiger partial charge in [-0.05, 0) is 37.4 Å². The second-order valence-electron chi connectivity index (χ2n) is 5.26. The van der Waals surface area contributed by atoms with Crippen LogP contribution in [0.4, 0.5) is 0 Å². The van der Waals surface area contributed by atoms with E-state index in [4.69, 9.17) is 0 Å². The van der Waals surface area contributed by atoms with E-state index in [1.807, 2.05) is 7.05 Å². The lowest BCUT2D eigenvalue weighted by molar-refractivity contribution is -0.137. The van der Waals surface area contributed by atoms with Gasteiger partial charge in [0.2, 0.25) is 5.91 Å². The molecule has 2 atom stereocenters. The molecule has 1 amide bonds.